The Hall–Kier alpha value is -1.11. The highest BCUT2D eigenvalue weighted by Gasteiger charge is 2.38. The Balaban J connectivity index is 1.97. The van der Waals surface area contributed by atoms with Gasteiger partial charge in [-0.1, -0.05) is 30.3 Å². The second kappa shape index (κ2) is 6.77. The number of nitrogens with one attached hydrogen (secondary N) is 1. The summed E-state index contributed by atoms with van der Waals surface area (Å²) in [6.07, 6.45) is -2.92. The minimum Gasteiger partial charge on any atom is -0.394 e. The number of halogens is 3. The van der Waals surface area contributed by atoms with Gasteiger partial charge in [-0.15, -0.1) is 0 Å². The zero-order valence-electron chi connectivity index (χ0n) is 11.9. The topological polar surface area (TPSA) is 35.5 Å². The Bertz CT molecular complexity index is 438. The molecule has 2 rings (SSSR count). The number of hydrogen-bond acceptors (Lipinski definition) is 3. The fraction of sp³-hybridized carbons (Fsp3) is 0.600. The van der Waals surface area contributed by atoms with E-state index in [0.29, 0.717) is 19.5 Å². The summed E-state index contributed by atoms with van der Waals surface area (Å²) >= 11 is 0. The Kier molecular flexibility index (Phi) is 5.24. The maximum absolute atomic E-state index is 12.4. The summed E-state index contributed by atoms with van der Waals surface area (Å²) in [7, 11) is 0. The molecule has 1 atom stereocenters. The van der Waals surface area contributed by atoms with Crippen LogP contribution in [0.2, 0.25) is 0 Å². The Morgan fingerprint density at radius 2 is 1.95 bits per heavy atom. The number of piperidine rings is 1. The first-order valence-electron chi connectivity index (χ1n) is 7.11. The van der Waals surface area contributed by atoms with Crippen molar-refractivity contribution in [1.82, 2.24) is 10.2 Å². The molecule has 1 unspecified atom stereocenters. The van der Waals surface area contributed by atoms with Crippen molar-refractivity contribution in [3.05, 3.63) is 35.9 Å². The highest BCUT2D eigenvalue weighted by atomic mass is 19.4. The Morgan fingerprint density at radius 3 is 2.57 bits per heavy atom. The maximum Gasteiger partial charge on any atom is 0.401 e. The Labute approximate surface area is 122 Å². The molecule has 0 aliphatic carbocycles. The van der Waals surface area contributed by atoms with E-state index in [1.165, 1.54) is 0 Å². The lowest BCUT2D eigenvalue weighted by Gasteiger charge is -2.42. The highest BCUT2D eigenvalue weighted by Crippen LogP contribution is 2.24. The van der Waals surface area contributed by atoms with E-state index in [1.54, 1.807) is 0 Å². The molecule has 0 saturated carbocycles. The van der Waals surface area contributed by atoms with E-state index in [4.69, 9.17) is 0 Å². The van der Waals surface area contributed by atoms with Crippen LogP contribution in [0.15, 0.2) is 30.3 Å². The second-order valence-electron chi connectivity index (χ2n) is 5.71. The third kappa shape index (κ3) is 4.98. The monoisotopic (exact) mass is 302 g/mol. The molecule has 1 fully saturated rings. The molecule has 1 aliphatic rings. The van der Waals surface area contributed by atoms with Gasteiger partial charge in [0.25, 0.3) is 0 Å². The molecular weight excluding hydrogens is 281 g/mol. The molecule has 21 heavy (non-hydrogen) atoms. The van der Waals surface area contributed by atoms with Gasteiger partial charge in [0.2, 0.25) is 0 Å². The number of benzene rings is 1. The summed E-state index contributed by atoms with van der Waals surface area (Å²) in [5.74, 6) is 0. The van der Waals surface area contributed by atoms with Crippen LogP contribution in [-0.4, -0.2) is 48.0 Å². The fourth-order valence-corrected chi connectivity index (χ4v) is 2.82. The number of hydrogen-bond donors (Lipinski definition) is 2. The zero-order valence-corrected chi connectivity index (χ0v) is 11.9. The molecule has 1 heterocycles. The minimum atomic E-state index is -4.26. The molecule has 0 amide bonds. The van der Waals surface area contributed by atoms with Crippen LogP contribution in [0.1, 0.15) is 18.4 Å². The average molecular weight is 302 g/mol. The van der Waals surface area contributed by atoms with E-state index >= 15 is 0 Å². The van der Waals surface area contributed by atoms with Crippen LogP contribution in [-0.2, 0) is 6.54 Å². The third-order valence-corrected chi connectivity index (χ3v) is 3.87. The van der Waals surface area contributed by atoms with E-state index < -0.39 is 18.3 Å². The highest BCUT2D eigenvalue weighted by molar-refractivity contribution is 5.14. The molecule has 2 N–H and O–H groups in total. The van der Waals surface area contributed by atoms with Crippen LogP contribution in [0.25, 0.3) is 0 Å². The van der Waals surface area contributed by atoms with E-state index in [-0.39, 0.29) is 6.61 Å². The first kappa shape index (κ1) is 16.3. The van der Waals surface area contributed by atoms with Gasteiger partial charge in [0.15, 0.2) is 0 Å². The lowest BCUT2D eigenvalue weighted by molar-refractivity contribution is -0.132. The standard InChI is InChI=1S/C15H21F3N2O/c16-15(17,18)10-19-14(12-21)7-4-8-20(11-14)9-13-5-2-1-3-6-13/h1-3,5-6,19,21H,4,7-12H2. The first-order valence-corrected chi connectivity index (χ1v) is 7.11. The van der Waals surface area contributed by atoms with Gasteiger partial charge in [-0.2, -0.15) is 13.2 Å². The van der Waals surface area contributed by atoms with Crippen molar-refractivity contribution in [3.63, 3.8) is 0 Å². The van der Waals surface area contributed by atoms with Gasteiger partial charge in [0.05, 0.1) is 18.7 Å². The number of aliphatic hydroxyl groups is 1. The van der Waals surface area contributed by atoms with Crippen LogP contribution in [0.5, 0.6) is 0 Å². The van der Waals surface area contributed by atoms with Crippen molar-refractivity contribution in [2.24, 2.45) is 0 Å². The molecule has 1 saturated heterocycles. The predicted octanol–water partition coefficient (Wildman–Crippen LogP) is 2.17. The van der Waals surface area contributed by atoms with Crippen molar-refractivity contribution < 1.29 is 18.3 Å². The van der Waals surface area contributed by atoms with Gasteiger partial charge in [-0.05, 0) is 24.9 Å². The number of aliphatic hydroxyl groups excluding tert-OH is 1. The lowest BCUT2D eigenvalue weighted by Crippen LogP contribution is -2.60. The van der Waals surface area contributed by atoms with E-state index in [0.717, 1.165) is 18.5 Å². The molecule has 0 radical (unpaired) electrons. The van der Waals surface area contributed by atoms with Crippen molar-refractivity contribution >= 4 is 0 Å². The summed E-state index contributed by atoms with van der Waals surface area (Å²) in [4.78, 5) is 2.10. The quantitative estimate of drug-likeness (QED) is 0.875. The third-order valence-electron chi connectivity index (χ3n) is 3.87. The summed E-state index contributed by atoms with van der Waals surface area (Å²) in [5, 5.41) is 12.1. The predicted molar refractivity (Wildman–Crippen MR) is 74.8 cm³/mol. The molecule has 118 valence electrons. The number of likely N-dealkylation sites (tertiary alicyclic amines) is 1. The van der Waals surface area contributed by atoms with Gasteiger partial charge in [0.1, 0.15) is 0 Å². The molecule has 1 aliphatic heterocycles. The number of rotatable bonds is 5. The first-order chi connectivity index (χ1) is 9.92. The summed E-state index contributed by atoms with van der Waals surface area (Å²) in [5.41, 5.74) is 0.268. The number of alkyl halides is 3. The van der Waals surface area contributed by atoms with Gasteiger partial charge in [-0.25, -0.2) is 0 Å². The van der Waals surface area contributed by atoms with Crippen molar-refractivity contribution in [3.8, 4) is 0 Å². The average Bonchev–Trinajstić information content (AvgIpc) is 2.46. The summed E-state index contributed by atoms with van der Waals surface area (Å²) < 4.78 is 37.2. The van der Waals surface area contributed by atoms with E-state index in [9.17, 15) is 18.3 Å². The SMILES string of the molecule is OCC1(NCC(F)(F)F)CCCN(Cc2ccccc2)C1. The zero-order chi connectivity index (χ0) is 15.3. The molecular formula is C15H21F3N2O. The molecule has 0 aromatic heterocycles. The largest absolute Gasteiger partial charge is 0.401 e. The molecule has 0 bridgehead atoms. The molecule has 1 aromatic rings. The van der Waals surface area contributed by atoms with Gasteiger partial charge in [0, 0.05) is 13.1 Å². The minimum absolute atomic E-state index is 0.283. The van der Waals surface area contributed by atoms with Crippen molar-refractivity contribution in [1.29, 1.82) is 0 Å². The summed E-state index contributed by atoms with van der Waals surface area (Å²) in [6.45, 7) is 0.607. The second-order valence-corrected chi connectivity index (χ2v) is 5.71. The van der Waals surface area contributed by atoms with Crippen molar-refractivity contribution in [2.75, 3.05) is 26.2 Å². The van der Waals surface area contributed by atoms with E-state index in [2.05, 4.69) is 10.2 Å². The fourth-order valence-electron chi connectivity index (χ4n) is 2.82. The van der Waals surface area contributed by atoms with Gasteiger partial charge < -0.3 is 5.11 Å². The van der Waals surface area contributed by atoms with Crippen LogP contribution in [0, 0.1) is 0 Å². The van der Waals surface area contributed by atoms with Crippen LogP contribution in [0.4, 0.5) is 13.2 Å². The molecule has 0 spiro atoms. The molecule has 6 heteroatoms. The van der Waals surface area contributed by atoms with Crippen LogP contribution in [0.3, 0.4) is 0 Å². The number of nitrogens with zero attached hydrogens (tertiary/aromatic N) is 1. The van der Waals surface area contributed by atoms with Gasteiger partial charge >= 0.3 is 6.18 Å². The molecule has 1 aromatic carbocycles. The molecule has 3 nitrogen and oxygen atoms in total. The summed E-state index contributed by atoms with van der Waals surface area (Å²) in [6, 6.07) is 9.82. The Morgan fingerprint density at radius 1 is 1.24 bits per heavy atom. The smallest absolute Gasteiger partial charge is 0.394 e. The van der Waals surface area contributed by atoms with Crippen molar-refractivity contribution in [2.45, 2.75) is 31.1 Å². The lowest BCUT2D eigenvalue weighted by atomic mass is 9.89. The van der Waals surface area contributed by atoms with Crippen LogP contribution >= 0.6 is 0 Å². The van der Waals surface area contributed by atoms with Gasteiger partial charge in [-0.3, -0.25) is 10.2 Å². The normalized spacial score (nSPS) is 24.2. The maximum atomic E-state index is 12.4. The van der Waals surface area contributed by atoms with E-state index in [1.807, 2.05) is 30.3 Å². The van der Waals surface area contributed by atoms with Crippen LogP contribution < -0.4 is 5.32 Å².